The summed E-state index contributed by atoms with van der Waals surface area (Å²) < 4.78 is 1.28. The van der Waals surface area contributed by atoms with Crippen LogP contribution in [0.4, 0.5) is 0 Å². The Labute approximate surface area is 123 Å². The predicted octanol–water partition coefficient (Wildman–Crippen LogP) is 3.80. The normalized spacial score (nSPS) is 11.0. The van der Waals surface area contributed by atoms with Gasteiger partial charge in [-0.2, -0.15) is 0 Å². The number of benzene rings is 2. The first-order valence-corrected chi connectivity index (χ1v) is 7.61. The molecular formula is C18H27NO. The molecular weight excluding hydrogens is 246 g/mol. The lowest BCUT2D eigenvalue weighted by molar-refractivity contribution is -0.921. The standard InChI is InChI=1S/C10H8O.C8H20N/c11-10-6-5-8-3-1-2-4-9(8)7-10;1-5-9(6-2,7-3)8-4/h1-7,11H;5-8H2,1-4H3/q;+1/p-1. The van der Waals surface area contributed by atoms with Crippen LogP contribution in [-0.2, 0) is 0 Å². The molecule has 0 unspecified atom stereocenters. The molecule has 110 valence electrons. The van der Waals surface area contributed by atoms with Gasteiger partial charge in [-0.1, -0.05) is 42.5 Å². The zero-order valence-corrected chi connectivity index (χ0v) is 13.2. The molecule has 0 heterocycles. The van der Waals surface area contributed by atoms with Crippen molar-refractivity contribution in [2.45, 2.75) is 27.7 Å². The van der Waals surface area contributed by atoms with Gasteiger partial charge in [-0.3, -0.25) is 0 Å². The van der Waals surface area contributed by atoms with Crippen LogP contribution in [0.15, 0.2) is 42.5 Å². The molecule has 2 rings (SSSR count). The van der Waals surface area contributed by atoms with Gasteiger partial charge < -0.3 is 9.59 Å². The van der Waals surface area contributed by atoms with E-state index < -0.39 is 0 Å². The first kappa shape index (κ1) is 16.5. The largest absolute Gasteiger partial charge is 0.872 e. The van der Waals surface area contributed by atoms with Crippen molar-refractivity contribution >= 4 is 10.8 Å². The second-order valence-electron chi connectivity index (χ2n) is 5.12. The zero-order valence-electron chi connectivity index (χ0n) is 13.2. The third-order valence-electron chi connectivity index (χ3n) is 4.40. The molecule has 0 amide bonds. The highest BCUT2D eigenvalue weighted by molar-refractivity contribution is 5.83. The molecule has 0 fully saturated rings. The van der Waals surface area contributed by atoms with Gasteiger partial charge in [0.15, 0.2) is 0 Å². The van der Waals surface area contributed by atoms with E-state index in [4.69, 9.17) is 0 Å². The number of hydrogen-bond acceptors (Lipinski definition) is 1. The summed E-state index contributed by atoms with van der Waals surface area (Å²) in [6.45, 7) is 14.2. The second kappa shape index (κ2) is 7.91. The molecule has 0 aliphatic heterocycles. The highest BCUT2D eigenvalue weighted by Gasteiger charge is 2.16. The summed E-state index contributed by atoms with van der Waals surface area (Å²) in [7, 11) is 0. The molecule has 0 radical (unpaired) electrons. The SMILES string of the molecule is CC[N+](CC)(CC)CC.[O-]c1ccc2ccccc2c1. The maximum atomic E-state index is 10.9. The Morgan fingerprint density at radius 1 is 0.750 bits per heavy atom. The van der Waals surface area contributed by atoms with Crippen molar-refractivity contribution in [3.8, 4) is 5.75 Å². The van der Waals surface area contributed by atoms with Gasteiger partial charge in [-0.25, -0.2) is 0 Å². The Morgan fingerprint density at radius 3 is 1.70 bits per heavy atom. The van der Waals surface area contributed by atoms with E-state index in [2.05, 4.69) is 27.7 Å². The van der Waals surface area contributed by atoms with Crippen molar-refractivity contribution in [1.82, 2.24) is 0 Å². The van der Waals surface area contributed by atoms with Crippen LogP contribution in [0.5, 0.6) is 5.75 Å². The van der Waals surface area contributed by atoms with Crippen molar-refractivity contribution in [3.63, 3.8) is 0 Å². The van der Waals surface area contributed by atoms with Crippen LogP contribution in [0.25, 0.3) is 10.8 Å². The first-order valence-electron chi connectivity index (χ1n) is 7.61. The van der Waals surface area contributed by atoms with Crippen LogP contribution < -0.4 is 5.11 Å². The average Bonchev–Trinajstić information content (AvgIpc) is 2.51. The summed E-state index contributed by atoms with van der Waals surface area (Å²) in [5, 5.41) is 13.0. The number of quaternary nitrogens is 1. The molecule has 0 bridgehead atoms. The fraction of sp³-hybridized carbons (Fsp3) is 0.444. The lowest BCUT2D eigenvalue weighted by atomic mass is 10.1. The maximum Gasteiger partial charge on any atom is 0.0757 e. The Bertz CT molecular complexity index is 500. The fourth-order valence-electron chi connectivity index (χ4n) is 2.51. The van der Waals surface area contributed by atoms with Crippen LogP contribution in [0, 0.1) is 0 Å². The van der Waals surface area contributed by atoms with Gasteiger partial charge in [-0.05, 0) is 38.5 Å². The van der Waals surface area contributed by atoms with E-state index in [1.165, 1.54) is 30.7 Å². The van der Waals surface area contributed by atoms with E-state index in [9.17, 15) is 5.11 Å². The van der Waals surface area contributed by atoms with Gasteiger partial charge in [-0.15, -0.1) is 5.75 Å². The van der Waals surface area contributed by atoms with E-state index in [0.29, 0.717) is 0 Å². The van der Waals surface area contributed by atoms with E-state index in [1.54, 1.807) is 12.1 Å². The number of fused-ring (bicyclic) bond motifs is 1. The van der Waals surface area contributed by atoms with Crippen molar-refractivity contribution in [2.75, 3.05) is 26.2 Å². The Kier molecular flexibility index (Phi) is 6.53. The topological polar surface area (TPSA) is 23.1 Å². The lowest BCUT2D eigenvalue weighted by Crippen LogP contribution is -2.47. The summed E-state index contributed by atoms with van der Waals surface area (Å²) in [5.41, 5.74) is 0. The van der Waals surface area contributed by atoms with Crippen LogP contribution >= 0.6 is 0 Å². The predicted molar refractivity (Wildman–Crippen MR) is 85.8 cm³/mol. The van der Waals surface area contributed by atoms with Gasteiger partial charge in [0.2, 0.25) is 0 Å². The first-order chi connectivity index (χ1) is 9.60. The average molecular weight is 273 g/mol. The summed E-state index contributed by atoms with van der Waals surface area (Å²) >= 11 is 0. The molecule has 2 heteroatoms. The zero-order chi connectivity index (χ0) is 15.0. The minimum atomic E-state index is 0.0729. The number of nitrogens with zero attached hydrogens (tertiary/aromatic N) is 1. The van der Waals surface area contributed by atoms with Gasteiger partial charge in [0.1, 0.15) is 0 Å². The molecule has 0 aromatic heterocycles. The van der Waals surface area contributed by atoms with Crippen molar-refractivity contribution in [3.05, 3.63) is 42.5 Å². The van der Waals surface area contributed by atoms with Gasteiger partial charge >= 0.3 is 0 Å². The highest BCUT2D eigenvalue weighted by Crippen LogP contribution is 2.16. The second-order valence-corrected chi connectivity index (χ2v) is 5.12. The Balaban J connectivity index is 0.000000206. The molecule has 0 aliphatic carbocycles. The van der Waals surface area contributed by atoms with Crippen LogP contribution in [0.3, 0.4) is 0 Å². The Hall–Kier alpha value is -1.54. The van der Waals surface area contributed by atoms with Gasteiger partial charge in [0, 0.05) is 0 Å². The number of rotatable bonds is 4. The number of hydrogen-bond donors (Lipinski definition) is 0. The molecule has 0 aliphatic rings. The molecule has 2 nitrogen and oxygen atoms in total. The van der Waals surface area contributed by atoms with Gasteiger partial charge in [0.25, 0.3) is 0 Å². The molecule has 0 atom stereocenters. The lowest BCUT2D eigenvalue weighted by Gasteiger charge is -2.34. The smallest absolute Gasteiger partial charge is 0.0757 e. The van der Waals surface area contributed by atoms with Crippen molar-refractivity contribution in [1.29, 1.82) is 0 Å². The molecule has 20 heavy (non-hydrogen) atoms. The summed E-state index contributed by atoms with van der Waals surface area (Å²) in [4.78, 5) is 0. The Morgan fingerprint density at radius 2 is 1.25 bits per heavy atom. The molecule has 2 aromatic carbocycles. The van der Waals surface area contributed by atoms with E-state index >= 15 is 0 Å². The minimum Gasteiger partial charge on any atom is -0.872 e. The summed E-state index contributed by atoms with van der Waals surface area (Å²) in [5.74, 6) is 0.0729. The monoisotopic (exact) mass is 273 g/mol. The van der Waals surface area contributed by atoms with Crippen LogP contribution in [0.1, 0.15) is 27.7 Å². The molecule has 0 saturated heterocycles. The maximum absolute atomic E-state index is 10.9. The third-order valence-corrected chi connectivity index (χ3v) is 4.40. The molecule has 0 spiro atoms. The quantitative estimate of drug-likeness (QED) is 0.777. The van der Waals surface area contributed by atoms with Crippen LogP contribution in [-0.4, -0.2) is 30.7 Å². The van der Waals surface area contributed by atoms with Gasteiger partial charge in [0.05, 0.1) is 26.2 Å². The van der Waals surface area contributed by atoms with Crippen molar-refractivity contribution in [2.24, 2.45) is 0 Å². The molecule has 0 N–H and O–H groups in total. The highest BCUT2D eigenvalue weighted by atomic mass is 16.3. The van der Waals surface area contributed by atoms with Crippen LogP contribution in [0.2, 0.25) is 0 Å². The van der Waals surface area contributed by atoms with E-state index in [1.807, 2.05) is 30.3 Å². The van der Waals surface area contributed by atoms with E-state index in [0.717, 1.165) is 10.8 Å². The fourth-order valence-corrected chi connectivity index (χ4v) is 2.51. The summed E-state index contributed by atoms with van der Waals surface area (Å²) in [6, 6.07) is 12.9. The molecule has 2 aromatic rings. The van der Waals surface area contributed by atoms with Crippen molar-refractivity contribution < 1.29 is 9.59 Å². The molecule has 0 saturated carbocycles. The third kappa shape index (κ3) is 4.24. The summed E-state index contributed by atoms with van der Waals surface area (Å²) in [6.07, 6.45) is 0. The van der Waals surface area contributed by atoms with E-state index in [-0.39, 0.29) is 5.75 Å². The minimum absolute atomic E-state index is 0.0729.